The van der Waals surface area contributed by atoms with E-state index in [0.717, 1.165) is 15.7 Å². The second kappa shape index (κ2) is 8.78. The van der Waals surface area contributed by atoms with Crippen molar-refractivity contribution in [3.63, 3.8) is 0 Å². The molecule has 0 unspecified atom stereocenters. The van der Waals surface area contributed by atoms with Crippen molar-refractivity contribution in [1.82, 2.24) is 5.43 Å². The predicted octanol–water partition coefficient (Wildman–Crippen LogP) is 4.55. The topological polar surface area (TPSA) is 70.6 Å². The van der Waals surface area contributed by atoms with Gasteiger partial charge in [0, 0.05) is 26.5 Å². The molecule has 2 N–H and O–H groups in total. The number of aryl methyl sites for hydroxylation is 1. The van der Waals surface area contributed by atoms with Gasteiger partial charge in [-0.15, -0.1) is 0 Å². The van der Waals surface area contributed by atoms with Crippen LogP contribution in [0.25, 0.3) is 0 Å². The molecule has 0 saturated heterocycles. The molecular weight excluding hydrogens is 406 g/mol. The first-order valence-corrected chi connectivity index (χ1v) is 8.67. The second-order valence-electron chi connectivity index (χ2n) is 5.48. The number of benzene rings is 2. The lowest BCUT2D eigenvalue weighted by Crippen LogP contribution is -2.21. The molecule has 0 radical (unpaired) electrons. The first-order valence-electron chi connectivity index (χ1n) is 7.50. The molecule has 25 heavy (non-hydrogen) atoms. The summed E-state index contributed by atoms with van der Waals surface area (Å²) >= 11 is 9.16. The standard InChI is InChI=1S/C18H17BrClN3O2/c1-11-9-14(19)5-8-16(11)21-17(24)10-12(2)22-23-18(25)13-3-6-15(20)7-4-13/h3-9H,10H2,1-2H3,(H,21,24)(H,23,25)/b22-12+. The summed E-state index contributed by atoms with van der Waals surface area (Å²) in [6.07, 6.45) is 0.0798. The van der Waals surface area contributed by atoms with Crippen LogP contribution in [0.1, 0.15) is 29.3 Å². The largest absolute Gasteiger partial charge is 0.326 e. The van der Waals surface area contributed by atoms with E-state index in [4.69, 9.17) is 11.6 Å². The molecule has 0 atom stereocenters. The van der Waals surface area contributed by atoms with E-state index < -0.39 is 0 Å². The van der Waals surface area contributed by atoms with E-state index in [9.17, 15) is 9.59 Å². The Morgan fingerprint density at radius 3 is 2.48 bits per heavy atom. The van der Waals surface area contributed by atoms with Crippen molar-refractivity contribution in [2.45, 2.75) is 20.3 Å². The maximum atomic E-state index is 12.1. The van der Waals surface area contributed by atoms with Crippen LogP contribution in [-0.2, 0) is 4.79 Å². The van der Waals surface area contributed by atoms with Crippen molar-refractivity contribution in [3.05, 3.63) is 63.1 Å². The zero-order valence-corrected chi connectivity index (χ0v) is 16.1. The molecule has 2 aromatic rings. The lowest BCUT2D eigenvalue weighted by Gasteiger charge is -2.09. The highest BCUT2D eigenvalue weighted by Crippen LogP contribution is 2.20. The predicted molar refractivity (Wildman–Crippen MR) is 104 cm³/mol. The fraction of sp³-hybridized carbons (Fsp3) is 0.167. The molecule has 7 heteroatoms. The Hall–Kier alpha value is -2.18. The number of carbonyl (C=O) groups is 2. The van der Waals surface area contributed by atoms with Crippen molar-refractivity contribution in [3.8, 4) is 0 Å². The lowest BCUT2D eigenvalue weighted by molar-refractivity contribution is -0.115. The minimum absolute atomic E-state index is 0.0798. The van der Waals surface area contributed by atoms with Crippen LogP contribution < -0.4 is 10.7 Å². The zero-order valence-electron chi connectivity index (χ0n) is 13.8. The highest BCUT2D eigenvalue weighted by Gasteiger charge is 2.08. The van der Waals surface area contributed by atoms with Crippen molar-refractivity contribution >= 4 is 50.7 Å². The zero-order chi connectivity index (χ0) is 18.4. The summed E-state index contributed by atoms with van der Waals surface area (Å²) in [6.45, 7) is 3.59. The maximum Gasteiger partial charge on any atom is 0.271 e. The first kappa shape index (κ1) is 19.1. The summed E-state index contributed by atoms with van der Waals surface area (Å²) in [7, 11) is 0. The van der Waals surface area contributed by atoms with E-state index in [2.05, 4.69) is 31.8 Å². The van der Waals surface area contributed by atoms with Crippen LogP contribution in [0.15, 0.2) is 52.0 Å². The number of amides is 2. The monoisotopic (exact) mass is 421 g/mol. The van der Waals surface area contributed by atoms with Gasteiger partial charge in [0.2, 0.25) is 5.91 Å². The third-order valence-electron chi connectivity index (χ3n) is 3.33. The van der Waals surface area contributed by atoms with Gasteiger partial charge in [0.1, 0.15) is 0 Å². The molecule has 2 aromatic carbocycles. The van der Waals surface area contributed by atoms with E-state index in [0.29, 0.717) is 16.3 Å². The lowest BCUT2D eigenvalue weighted by atomic mass is 10.2. The normalized spacial score (nSPS) is 11.1. The maximum absolute atomic E-state index is 12.1. The van der Waals surface area contributed by atoms with E-state index >= 15 is 0 Å². The summed E-state index contributed by atoms with van der Waals surface area (Å²) in [5.41, 5.74) is 5.06. The van der Waals surface area contributed by atoms with E-state index in [1.807, 2.05) is 25.1 Å². The molecular formula is C18H17BrClN3O2. The summed E-state index contributed by atoms with van der Waals surface area (Å²) in [5, 5.41) is 7.33. The molecule has 0 aliphatic rings. The Bertz CT molecular complexity index is 820. The molecule has 5 nitrogen and oxygen atoms in total. The average Bonchev–Trinajstić information content (AvgIpc) is 2.56. The van der Waals surface area contributed by atoms with E-state index in [1.54, 1.807) is 31.2 Å². The van der Waals surface area contributed by atoms with E-state index in [1.165, 1.54) is 0 Å². The Labute approximate surface area is 159 Å². The van der Waals surface area contributed by atoms with Gasteiger partial charge in [0.15, 0.2) is 0 Å². The Kier molecular flexibility index (Phi) is 6.73. The highest BCUT2D eigenvalue weighted by molar-refractivity contribution is 9.10. The SMILES string of the molecule is C/C(CC(=O)Nc1ccc(Br)cc1C)=N\NC(=O)c1ccc(Cl)cc1. The molecule has 0 aromatic heterocycles. The van der Waals surface area contributed by atoms with Crippen molar-refractivity contribution in [2.75, 3.05) is 5.32 Å². The van der Waals surface area contributed by atoms with Crippen LogP contribution in [0.4, 0.5) is 5.69 Å². The number of hydrogen-bond acceptors (Lipinski definition) is 3. The van der Waals surface area contributed by atoms with Crippen LogP contribution in [-0.4, -0.2) is 17.5 Å². The number of halogens is 2. The van der Waals surface area contributed by atoms with E-state index in [-0.39, 0.29) is 18.2 Å². The van der Waals surface area contributed by atoms with Gasteiger partial charge in [-0.25, -0.2) is 5.43 Å². The van der Waals surface area contributed by atoms with Gasteiger partial charge in [0.05, 0.1) is 6.42 Å². The van der Waals surface area contributed by atoms with Crippen molar-refractivity contribution < 1.29 is 9.59 Å². The molecule has 0 fully saturated rings. The quantitative estimate of drug-likeness (QED) is 0.548. The van der Waals surface area contributed by atoms with Crippen molar-refractivity contribution in [1.29, 1.82) is 0 Å². The molecule has 130 valence electrons. The van der Waals surface area contributed by atoms with Gasteiger partial charge in [-0.3, -0.25) is 9.59 Å². The third kappa shape index (κ3) is 5.99. The molecule has 2 amide bonds. The fourth-order valence-electron chi connectivity index (χ4n) is 2.05. The number of carbonyl (C=O) groups excluding carboxylic acids is 2. The number of hydrazone groups is 1. The number of nitrogens with one attached hydrogen (secondary N) is 2. The molecule has 0 aliphatic carbocycles. The van der Waals surface area contributed by atoms with Gasteiger partial charge in [-0.1, -0.05) is 27.5 Å². The minimum Gasteiger partial charge on any atom is -0.326 e. The minimum atomic E-state index is -0.361. The van der Waals surface area contributed by atoms with Gasteiger partial charge in [-0.2, -0.15) is 5.10 Å². The second-order valence-corrected chi connectivity index (χ2v) is 6.83. The van der Waals surface area contributed by atoms with Crippen LogP contribution >= 0.6 is 27.5 Å². The number of anilines is 1. The summed E-state index contributed by atoms with van der Waals surface area (Å²) in [5.74, 6) is -0.562. The Morgan fingerprint density at radius 2 is 1.84 bits per heavy atom. The van der Waals surface area contributed by atoms with Gasteiger partial charge in [-0.05, 0) is 61.9 Å². The van der Waals surface area contributed by atoms with Gasteiger partial charge < -0.3 is 5.32 Å². The Balaban J connectivity index is 1.90. The molecule has 0 spiro atoms. The Morgan fingerprint density at radius 1 is 1.16 bits per heavy atom. The average molecular weight is 423 g/mol. The number of nitrogens with zero attached hydrogens (tertiary/aromatic N) is 1. The van der Waals surface area contributed by atoms with Crippen LogP contribution in [0.2, 0.25) is 5.02 Å². The third-order valence-corrected chi connectivity index (χ3v) is 4.08. The summed E-state index contributed by atoms with van der Waals surface area (Å²) in [4.78, 5) is 24.0. The molecule has 0 heterocycles. The fourth-order valence-corrected chi connectivity index (χ4v) is 2.65. The summed E-state index contributed by atoms with van der Waals surface area (Å²) in [6, 6.07) is 12.1. The van der Waals surface area contributed by atoms with Gasteiger partial charge >= 0.3 is 0 Å². The summed E-state index contributed by atoms with van der Waals surface area (Å²) < 4.78 is 0.950. The number of rotatable bonds is 5. The van der Waals surface area contributed by atoms with Crippen LogP contribution in [0.3, 0.4) is 0 Å². The first-order chi connectivity index (χ1) is 11.8. The molecule has 0 saturated carbocycles. The smallest absolute Gasteiger partial charge is 0.271 e. The van der Waals surface area contributed by atoms with Crippen LogP contribution in [0, 0.1) is 6.92 Å². The molecule has 0 bridgehead atoms. The molecule has 0 aliphatic heterocycles. The van der Waals surface area contributed by atoms with Crippen LogP contribution in [0.5, 0.6) is 0 Å². The highest BCUT2D eigenvalue weighted by atomic mass is 79.9. The number of hydrogen-bond donors (Lipinski definition) is 2. The van der Waals surface area contributed by atoms with Gasteiger partial charge in [0.25, 0.3) is 5.91 Å². The molecule has 2 rings (SSSR count). The van der Waals surface area contributed by atoms with Crippen molar-refractivity contribution in [2.24, 2.45) is 5.10 Å².